The number of carbonyl (C=O) groups is 2. The number of para-hydroxylation sites is 1. The molecule has 0 bridgehead atoms. The molecule has 1 unspecified atom stereocenters. The van der Waals surface area contributed by atoms with E-state index in [1.807, 2.05) is 13.8 Å². The summed E-state index contributed by atoms with van der Waals surface area (Å²) >= 11 is 5.58. The minimum Gasteiger partial charge on any atom is -0.350 e. The number of rotatable bonds is 6. The lowest BCUT2D eigenvalue weighted by Gasteiger charge is -2.15. The maximum Gasteiger partial charge on any atom is 0.417 e. The molecule has 6 nitrogen and oxygen atoms in total. The van der Waals surface area contributed by atoms with Crippen LogP contribution in [-0.4, -0.2) is 22.4 Å². The van der Waals surface area contributed by atoms with Gasteiger partial charge >= 0.3 is 6.18 Å². The molecule has 0 aliphatic rings. The predicted molar refractivity (Wildman–Crippen MR) is 103 cm³/mol. The fraction of sp³-hybridized carbons (Fsp3) is 0.316. The van der Waals surface area contributed by atoms with Gasteiger partial charge in [0.05, 0.1) is 16.8 Å². The third-order valence-corrected chi connectivity index (χ3v) is 4.39. The van der Waals surface area contributed by atoms with E-state index in [4.69, 9.17) is 11.6 Å². The van der Waals surface area contributed by atoms with Gasteiger partial charge in [0.25, 0.3) is 11.5 Å². The summed E-state index contributed by atoms with van der Waals surface area (Å²) in [6, 6.07) is 6.59. The minimum atomic E-state index is -4.73. The number of aromatic nitrogens is 1. The van der Waals surface area contributed by atoms with Crippen molar-refractivity contribution in [2.75, 3.05) is 5.32 Å². The first-order valence-corrected chi connectivity index (χ1v) is 9.07. The molecule has 156 valence electrons. The van der Waals surface area contributed by atoms with Crippen molar-refractivity contribution in [2.45, 2.75) is 39.0 Å². The number of hydrogen-bond donors (Lipinski definition) is 2. The lowest BCUT2D eigenvalue weighted by atomic mass is 10.1. The second-order valence-electron chi connectivity index (χ2n) is 6.38. The van der Waals surface area contributed by atoms with Crippen LogP contribution in [0.15, 0.2) is 41.3 Å². The van der Waals surface area contributed by atoms with Gasteiger partial charge in [-0.2, -0.15) is 13.2 Å². The summed E-state index contributed by atoms with van der Waals surface area (Å²) in [6.07, 6.45) is -3.49. The maximum absolute atomic E-state index is 12.9. The largest absolute Gasteiger partial charge is 0.417 e. The van der Waals surface area contributed by atoms with E-state index >= 15 is 0 Å². The molecule has 0 saturated carbocycles. The number of anilines is 1. The molecule has 10 heteroatoms. The van der Waals surface area contributed by atoms with Gasteiger partial charge in [-0.25, -0.2) is 0 Å². The fourth-order valence-electron chi connectivity index (χ4n) is 2.41. The van der Waals surface area contributed by atoms with Gasteiger partial charge in [0.15, 0.2) is 0 Å². The smallest absolute Gasteiger partial charge is 0.350 e. The van der Waals surface area contributed by atoms with E-state index in [2.05, 4.69) is 10.6 Å². The standard InChI is InChI=1S/C19H19ClF3N3O3/c1-3-11(2)24-17(28)13-6-4-5-7-15(13)25-16(27)10-26-9-12(19(21,22)23)8-14(20)18(26)29/h4-9,11H,3,10H2,1-2H3,(H,24,28)(H,25,27). The highest BCUT2D eigenvalue weighted by molar-refractivity contribution is 6.30. The van der Waals surface area contributed by atoms with Crippen molar-refractivity contribution < 1.29 is 22.8 Å². The number of amides is 2. The summed E-state index contributed by atoms with van der Waals surface area (Å²) in [5.41, 5.74) is -1.72. The van der Waals surface area contributed by atoms with Gasteiger partial charge in [-0.15, -0.1) is 0 Å². The lowest BCUT2D eigenvalue weighted by molar-refractivity contribution is -0.138. The molecule has 0 aliphatic heterocycles. The van der Waals surface area contributed by atoms with Gasteiger partial charge in [0.2, 0.25) is 5.91 Å². The topological polar surface area (TPSA) is 80.2 Å². The van der Waals surface area contributed by atoms with E-state index in [0.29, 0.717) is 23.3 Å². The average molecular weight is 430 g/mol. The van der Waals surface area contributed by atoms with Crippen molar-refractivity contribution in [3.8, 4) is 0 Å². The zero-order valence-corrected chi connectivity index (χ0v) is 16.4. The molecule has 2 N–H and O–H groups in total. The summed E-state index contributed by atoms with van der Waals surface area (Å²) in [5.74, 6) is -1.19. The van der Waals surface area contributed by atoms with E-state index in [1.165, 1.54) is 12.1 Å². The van der Waals surface area contributed by atoms with Crippen LogP contribution in [0.4, 0.5) is 18.9 Å². The van der Waals surface area contributed by atoms with Gasteiger partial charge in [-0.1, -0.05) is 30.7 Å². The number of nitrogens with zero attached hydrogens (tertiary/aromatic N) is 1. The third kappa shape index (κ3) is 5.83. The van der Waals surface area contributed by atoms with Gasteiger partial charge in [0.1, 0.15) is 11.6 Å². The number of benzene rings is 1. The first-order chi connectivity index (χ1) is 13.5. The lowest BCUT2D eigenvalue weighted by Crippen LogP contribution is -2.33. The molecular formula is C19H19ClF3N3O3. The van der Waals surface area contributed by atoms with E-state index in [9.17, 15) is 27.6 Å². The highest BCUT2D eigenvalue weighted by Gasteiger charge is 2.32. The average Bonchev–Trinajstić information content (AvgIpc) is 2.64. The molecular weight excluding hydrogens is 411 g/mol. The highest BCUT2D eigenvalue weighted by Crippen LogP contribution is 2.29. The molecule has 0 radical (unpaired) electrons. The number of halogens is 4. The molecule has 1 aromatic heterocycles. The second kappa shape index (κ2) is 9.13. The first-order valence-electron chi connectivity index (χ1n) is 8.69. The zero-order valence-electron chi connectivity index (χ0n) is 15.6. The summed E-state index contributed by atoms with van der Waals surface area (Å²) in [5, 5.41) is 4.56. The summed E-state index contributed by atoms with van der Waals surface area (Å²) in [4.78, 5) is 36.7. The molecule has 0 fully saturated rings. The number of hydrogen-bond acceptors (Lipinski definition) is 3. The van der Waals surface area contributed by atoms with Crippen LogP contribution in [-0.2, 0) is 17.5 Å². The SMILES string of the molecule is CCC(C)NC(=O)c1ccccc1NC(=O)Cn1cc(C(F)(F)F)cc(Cl)c1=O. The Morgan fingerprint density at radius 1 is 1.24 bits per heavy atom. The van der Waals surface area contributed by atoms with Crippen LogP contribution in [0.25, 0.3) is 0 Å². The summed E-state index contributed by atoms with van der Waals surface area (Å²) < 4.78 is 39.3. The molecule has 1 atom stereocenters. The van der Waals surface area contributed by atoms with Crippen molar-refractivity contribution >= 4 is 29.1 Å². The monoisotopic (exact) mass is 429 g/mol. The Morgan fingerprint density at radius 3 is 2.52 bits per heavy atom. The van der Waals surface area contributed by atoms with Crippen LogP contribution in [0.5, 0.6) is 0 Å². The Morgan fingerprint density at radius 2 is 1.90 bits per heavy atom. The maximum atomic E-state index is 12.9. The van der Waals surface area contributed by atoms with Crippen LogP contribution >= 0.6 is 11.6 Å². The third-order valence-electron chi connectivity index (χ3n) is 4.12. The van der Waals surface area contributed by atoms with Gasteiger partial charge in [0, 0.05) is 12.2 Å². The van der Waals surface area contributed by atoms with Crippen molar-refractivity contribution in [3.63, 3.8) is 0 Å². The molecule has 1 heterocycles. The number of pyridine rings is 1. The first kappa shape index (κ1) is 22.5. The molecule has 2 rings (SSSR count). The molecule has 29 heavy (non-hydrogen) atoms. The zero-order chi connectivity index (χ0) is 21.8. The van der Waals surface area contributed by atoms with Crippen LogP contribution in [0, 0.1) is 0 Å². The number of nitrogens with one attached hydrogen (secondary N) is 2. The summed E-state index contributed by atoms with van der Waals surface area (Å²) in [6.45, 7) is 3.02. The Balaban J connectivity index is 2.24. The molecule has 0 aliphatic carbocycles. The van der Waals surface area contributed by atoms with Crippen LogP contribution in [0.2, 0.25) is 5.02 Å². The molecule has 2 amide bonds. The van der Waals surface area contributed by atoms with Crippen molar-refractivity contribution in [1.29, 1.82) is 0 Å². The van der Waals surface area contributed by atoms with Crippen molar-refractivity contribution in [1.82, 2.24) is 9.88 Å². The highest BCUT2D eigenvalue weighted by atomic mass is 35.5. The van der Waals surface area contributed by atoms with E-state index in [1.54, 1.807) is 12.1 Å². The van der Waals surface area contributed by atoms with E-state index in [-0.39, 0.29) is 17.3 Å². The van der Waals surface area contributed by atoms with Gasteiger partial charge in [-0.05, 0) is 31.5 Å². The van der Waals surface area contributed by atoms with Crippen molar-refractivity contribution in [3.05, 3.63) is 63.0 Å². The van der Waals surface area contributed by atoms with Crippen molar-refractivity contribution in [2.24, 2.45) is 0 Å². The Labute approximate surface area is 169 Å². The Hall–Kier alpha value is -2.81. The van der Waals surface area contributed by atoms with Gasteiger partial charge < -0.3 is 15.2 Å². The Bertz CT molecular complexity index is 973. The van der Waals surface area contributed by atoms with Crippen LogP contribution < -0.4 is 16.2 Å². The molecule has 0 saturated heterocycles. The van der Waals surface area contributed by atoms with E-state index in [0.717, 1.165) is 0 Å². The van der Waals surface area contributed by atoms with Crippen LogP contribution in [0.1, 0.15) is 36.2 Å². The molecule has 0 spiro atoms. The summed E-state index contributed by atoms with van der Waals surface area (Å²) in [7, 11) is 0. The Kier molecular flexibility index (Phi) is 7.07. The van der Waals surface area contributed by atoms with Gasteiger partial charge in [-0.3, -0.25) is 14.4 Å². The molecule has 2 aromatic rings. The van der Waals surface area contributed by atoms with E-state index < -0.39 is 40.7 Å². The minimum absolute atomic E-state index is 0.0860. The quantitative estimate of drug-likeness (QED) is 0.735. The second-order valence-corrected chi connectivity index (χ2v) is 6.79. The fourth-order valence-corrected chi connectivity index (χ4v) is 2.64. The normalized spacial score (nSPS) is 12.3. The van der Waals surface area contributed by atoms with Crippen LogP contribution in [0.3, 0.4) is 0 Å². The predicted octanol–water partition coefficient (Wildman–Crippen LogP) is 3.69. The number of carbonyl (C=O) groups excluding carboxylic acids is 2. The number of alkyl halides is 3. The molecule has 1 aromatic carbocycles.